The van der Waals surface area contributed by atoms with E-state index in [1.807, 2.05) is 23.1 Å². The maximum Gasteiger partial charge on any atom is 0.191 e. The lowest BCUT2D eigenvalue weighted by atomic mass is 10.2. The second-order valence-corrected chi connectivity index (χ2v) is 7.27. The molecule has 1 unspecified atom stereocenters. The summed E-state index contributed by atoms with van der Waals surface area (Å²) in [5.74, 6) is 1.31. The van der Waals surface area contributed by atoms with E-state index in [0.29, 0.717) is 5.92 Å². The van der Waals surface area contributed by atoms with Crippen molar-refractivity contribution in [1.82, 2.24) is 25.4 Å². The summed E-state index contributed by atoms with van der Waals surface area (Å²) in [5, 5.41) is 12.1. The number of aliphatic imine (C=N–C) groups is 1. The Balaban J connectivity index is 1.79. The molecular weight excluding hydrogens is 320 g/mol. The van der Waals surface area contributed by atoms with Crippen molar-refractivity contribution in [3.63, 3.8) is 0 Å². The molecule has 0 saturated heterocycles. The van der Waals surface area contributed by atoms with Crippen LogP contribution in [0.1, 0.15) is 29.4 Å². The van der Waals surface area contributed by atoms with Crippen molar-refractivity contribution in [2.75, 3.05) is 19.6 Å². The Kier molecular flexibility index (Phi) is 7.24. The number of aromatic nitrogens is 3. The summed E-state index contributed by atoms with van der Waals surface area (Å²) in [7, 11) is 0. The minimum absolute atomic E-state index is 0.435. The van der Waals surface area contributed by atoms with Crippen LogP contribution in [0.3, 0.4) is 0 Å². The number of nitrogens with one attached hydrogen (secondary N) is 2. The Hall–Kier alpha value is -1.89. The van der Waals surface area contributed by atoms with Crippen LogP contribution in [0.5, 0.6) is 0 Å². The quantitative estimate of drug-likeness (QED) is 0.568. The smallest absolute Gasteiger partial charge is 0.191 e. The van der Waals surface area contributed by atoms with Crippen LogP contribution in [-0.2, 0) is 13.0 Å². The van der Waals surface area contributed by atoms with Gasteiger partial charge in [0.2, 0.25) is 0 Å². The molecule has 0 saturated carbocycles. The Labute approximate surface area is 148 Å². The summed E-state index contributed by atoms with van der Waals surface area (Å²) in [6.45, 7) is 11.8. The molecule has 0 aliphatic rings. The molecule has 0 aromatic carbocycles. The number of aryl methyl sites for hydroxylation is 2. The second-order valence-electron chi connectivity index (χ2n) is 5.98. The Bertz CT molecular complexity index is 612. The molecule has 2 aromatic heterocycles. The van der Waals surface area contributed by atoms with Gasteiger partial charge in [0.25, 0.3) is 0 Å². The highest BCUT2D eigenvalue weighted by Gasteiger charge is 2.06. The van der Waals surface area contributed by atoms with E-state index in [2.05, 4.69) is 53.4 Å². The van der Waals surface area contributed by atoms with Crippen molar-refractivity contribution >= 4 is 17.3 Å². The molecule has 2 N–H and O–H groups in total. The highest BCUT2D eigenvalue weighted by molar-refractivity contribution is 7.11. The monoisotopic (exact) mass is 348 g/mol. The van der Waals surface area contributed by atoms with Gasteiger partial charge in [-0.25, -0.2) is 4.98 Å². The Morgan fingerprint density at radius 2 is 2.21 bits per heavy atom. The first-order chi connectivity index (χ1) is 11.6. The van der Waals surface area contributed by atoms with Crippen molar-refractivity contribution < 1.29 is 0 Å². The maximum atomic E-state index is 4.68. The molecule has 6 nitrogen and oxygen atoms in total. The third-order valence-corrected chi connectivity index (χ3v) is 4.80. The number of hydrogen-bond acceptors (Lipinski definition) is 4. The summed E-state index contributed by atoms with van der Waals surface area (Å²) in [6.07, 6.45) is 4.72. The van der Waals surface area contributed by atoms with Crippen LogP contribution < -0.4 is 10.6 Å². The molecule has 0 radical (unpaired) electrons. The van der Waals surface area contributed by atoms with Crippen LogP contribution in [0.15, 0.2) is 23.5 Å². The second kappa shape index (κ2) is 9.42. The van der Waals surface area contributed by atoms with Gasteiger partial charge in [-0.05, 0) is 32.8 Å². The standard InChI is InChI=1S/C17H28N6S/c1-5-18-17(19-9-7-16-22-14(3)15(4)24-16)20-11-13(2)12-23-10-6-8-21-23/h6,8,10,13H,5,7,9,11-12H2,1-4H3,(H2,18,19,20). The maximum absolute atomic E-state index is 4.68. The van der Waals surface area contributed by atoms with Crippen LogP contribution in [-0.4, -0.2) is 40.4 Å². The number of guanidine groups is 1. The van der Waals surface area contributed by atoms with E-state index in [9.17, 15) is 0 Å². The van der Waals surface area contributed by atoms with Crippen molar-refractivity contribution in [3.05, 3.63) is 34.0 Å². The van der Waals surface area contributed by atoms with Crippen molar-refractivity contribution in [3.8, 4) is 0 Å². The number of nitrogens with zero attached hydrogens (tertiary/aromatic N) is 4. The molecule has 0 amide bonds. The molecule has 2 rings (SSSR count). The highest BCUT2D eigenvalue weighted by Crippen LogP contribution is 2.16. The van der Waals surface area contributed by atoms with E-state index in [1.54, 1.807) is 11.3 Å². The van der Waals surface area contributed by atoms with Gasteiger partial charge in [-0.15, -0.1) is 11.3 Å². The number of hydrogen-bond donors (Lipinski definition) is 2. The van der Waals surface area contributed by atoms with Gasteiger partial charge in [0.15, 0.2) is 5.96 Å². The summed E-state index contributed by atoms with van der Waals surface area (Å²) < 4.78 is 1.95. The molecule has 0 spiro atoms. The topological polar surface area (TPSA) is 67.1 Å². The van der Waals surface area contributed by atoms with E-state index >= 15 is 0 Å². The van der Waals surface area contributed by atoms with Crippen molar-refractivity contribution in [1.29, 1.82) is 0 Å². The lowest BCUT2D eigenvalue weighted by Crippen LogP contribution is -2.38. The number of thiazole rings is 1. The molecule has 132 valence electrons. The normalized spacial score (nSPS) is 13.1. The van der Waals surface area contributed by atoms with E-state index in [1.165, 1.54) is 9.88 Å². The van der Waals surface area contributed by atoms with Crippen LogP contribution in [0, 0.1) is 19.8 Å². The van der Waals surface area contributed by atoms with Crippen molar-refractivity contribution in [2.24, 2.45) is 10.9 Å². The zero-order chi connectivity index (χ0) is 17.4. The lowest BCUT2D eigenvalue weighted by molar-refractivity contribution is 0.458. The molecule has 1 atom stereocenters. The SMILES string of the molecule is CCNC(=NCC(C)Cn1cccn1)NCCc1nc(C)c(C)s1. The van der Waals surface area contributed by atoms with Crippen LogP contribution in [0.25, 0.3) is 0 Å². The van der Waals surface area contributed by atoms with Crippen molar-refractivity contribution in [2.45, 2.75) is 40.7 Å². The van der Waals surface area contributed by atoms with Gasteiger partial charge in [0.05, 0.1) is 10.7 Å². The van der Waals surface area contributed by atoms with Gasteiger partial charge < -0.3 is 10.6 Å². The third-order valence-electron chi connectivity index (χ3n) is 3.67. The predicted molar refractivity (Wildman–Crippen MR) is 101 cm³/mol. The molecule has 2 aromatic rings. The summed E-state index contributed by atoms with van der Waals surface area (Å²) >= 11 is 1.78. The van der Waals surface area contributed by atoms with Gasteiger partial charge in [0, 0.05) is 49.9 Å². The van der Waals surface area contributed by atoms with Crippen LogP contribution in [0.4, 0.5) is 0 Å². The van der Waals surface area contributed by atoms with E-state index in [-0.39, 0.29) is 0 Å². The molecule has 0 aliphatic carbocycles. The fraction of sp³-hybridized carbons (Fsp3) is 0.588. The van der Waals surface area contributed by atoms with Gasteiger partial charge in [-0.3, -0.25) is 9.67 Å². The molecule has 24 heavy (non-hydrogen) atoms. The largest absolute Gasteiger partial charge is 0.357 e. The van der Waals surface area contributed by atoms with E-state index in [0.717, 1.165) is 44.3 Å². The van der Waals surface area contributed by atoms with Gasteiger partial charge in [-0.1, -0.05) is 6.92 Å². The minimum Gasteiger partial charge on any atom is -0.357 e. The third kappa shape index (κ3) is 5.96. The van der Waals surface area contributed by atoms with Gasteiger partial charge in [-0.2, -0.15) is 5.10 Å². The van der Waals surface area contributed by atoms with Gasteiger partial charge >= 0.3 is 0 Å². The zero-order valence-electron chi connectivity index (χ0n) is 15.0. The summed E-state index contributed by atoms with van der Waals surface area (Å²) in [6, 6.07) is 1.95. The summed E-state index contributed by atoms with van der Waals surface area (Å²) in [5.41, 5.74) is 1.14. The first-order valence-corrected chi connectivity index (χ1v) is 9.32. The minimum atomic E-state index is 0.435. The lowest BCUT2D eigenvalue weighted by Gasteiger charge is -2.13. The fourth-order valence-corrected chi connectivity index (χ4v) is 3.24. The highest BCUT2D eigenvalue weighted by atomic mass is 32.1. The Morgan fingerprint density at radius 3 is 2.83 bits per heavy atom. The molecule has 0 bridgehead atoms. The average Bonchev–Trinajstić information content (AvgIpc) is 3.15. The fourth-order valence-electron chi connectivity index (χ4n) is 2.31. The molecule has 7 heteroatoms. The Morgan fingerprint density at radius 1 is 1.38 bits per heavy atom. The predicted octanol–water partition coefficient (Wildman–Crippen LogP) is 2.39. The van der Waals surface area contributed by atoms with E-state index < -0.39 is 0 Å². The number of rotatable bonds is 8. The first-order valence-electron chi connectivity index (χ1n) is 8.51. The van der Waals surface area contributed by atoms with Crippen LogP contribution >= 0.6 is 11.3 Å². The molecule has 0 fully saturated rings. The van der Waals surface area contributed by atoms with E-state index in [4.69, 9.17) is 0 Å². The van der Waals surface area contributed by atoms with Crippen LogP contribution in [0.2, 0.25) is 0 Å². The first kappa shape index (κ1) is 18.4. The van der Waals surface area contributed by atoms with Gasteiger partial charge in [0.1, 0.15) is 0 Å². The molecule has 0 aliphatic heterocycles. The summed E-state index contributed by atoms with van der Waals surface area (Å²) in [4.78, 5) is 10.6. The zero-order valence-corrected chi connectivity index (χ0v) is 15.9. The molecular formula is C17H28N6S. The average molecular weight is 349 g/mol. The molecule has 2 heterocycles.